The summed E-state index contributed by atoms with van der Waals surface area (Å²) in [5, 5.41) is 29.5. The monoisotopic (exact) mass is 310 g/mol. The number of rotatable bonds is 4. The van der Waals surface area contributed by atoms with Crippen LogP contribution in [0, 0.1) is 20.2 Å². The van der Waals surface area contributed by atoms with Gasteiger partial charge in [0, 0.05) is 6.07 Å². The van der Waals surface area contributed by atoms with E-state index >= 15 is 0 Å². The average Bonchev–Trinajstić information content (AvgIpc) is 2.46. The van der Waals surface area contributed by atoms with Crippen molar-refractivity contribution in [1.29, 1.82) is 0 Å². The second-order valence-electron chi connectivity index (χ2n) is 5.16. The molecule has 0 bridgehead atoms. The van der Waals surface area contributed by atoms with Crippen molar-refractivity contribution in [2.45, 2.75) is 25.3 Å². The zero-order chi connectivity index (χ0) is 16.4. The van der Waals surface area contributed by atoms with Gasteiger partial charge in [-0.25, -0.2) is 0 Å². The Morgan fingerprint density at radius 3 is 2.27 bits per heavy atom. The zero-order valence-electron chi connectivity index (χ0n) is 12.0. The van der Waals surface area contributed by atoms with Gasteiger partial charge < -0.3 is 9.47 Å². The minimum Gasteiger partial charge on any atom is -0.341 e. The summed E-state index contributed by atoms with van der Waals surface area (Å²) in [5.41, 5.74) is -2.28. The van der Waals surface area contributed by atoms with Crippen molar-refractivity contribution in [2.75, 3.05) is 13.2 Å². The molecule has 10 heteroatoms. The number of nitro groups is 2. The molecule has 1 aromatic rings. The second kappa shape index (κ2) is 5.73. The maximum Gasteiger partial charge on any atom is 0.375 e. The Balaban J connectivity index is 2.30. The fourth-order valence-corrected chi connectivity index (χ4v) is 1.71. The number of benzene rings is 1. The number of ether oxygens (including phenoxy) is 2. The Morgan fingerprint density at radius 1 is 1.14 bits per heavy atom. The first-order valence-corrected chi connectivity index (χ1v) is 6.34. The fourth-order valence-electron chi connectivity index (χ4n) is 1.71. The minimum atomic E-state index is -1.92. The maximum absolute atomic E-state index is 11.3. The van der Waals surface area contributed by atoms with Crippen LogP contribution in [0.5, 0.6) is 0 Å². The highest BCUT2D eigenvalue weighted by Crippen LogP contribution is 2.31. The third-order valence-corrected chi connectivity index (χ3v) is 3.06. The Morgan fingerprint density at radius 2 is 1.73 bits per heavy atom. The Kier molecular flexibility index (Phi) is 4.15. The molecule has 1 heterocycles. The van der Waals surface area contributed by atoms with Crippen LogP contribution in [0.4, 0.5) is 11.4 Å². The molecule has 0 saturated carbocycles. The molecule has 0 N–H and O–H groups in total. The van der Waals surface area contributed by atoms with Crippen molar-refractivity contribution in [1.82, 2.24) is 0 Å². The van der Waals surface area contributed by atoms with Crippen molar-refractivity contribution in [3.8, 4) is 0 Å². The molecule has 0 radical (unpaired) electrons. The predicted molar refractivity (Wildman–Crippen MR) is 73.3 cm³/mol. The molecule has 118 valence electrons. The van der Waals surface area contributed by atoms with E-state index in [0.29, 0.717) is 0 Å². The van der Waals surface area contributed by atoms with Crippen LogP contribution < -0.4 is 0 Å². The second-order valence-corrected chi connectivity index (χ2v) is 5.16. The van der Waals surface area contributed by atoms with E-state index < -0.39 is 21.3 Å². The van der Waals surface area contributed by atoms with E-state index in [0.717, 1.165) is 0 Å². The first-order chi connectivity index (χ1) is 10.3. The lowest BCUT2D eigenvalue weighted by Crippen LogP contribution is -2.54. The molecule has 0 spiro atoms. The van der Waals surface area contributed by atoms with E-state index in [2.05, 4.69) is 10.2 Å². The summed E-state index contributed by atoms with van der Waals surface area (Å²) in [5.74, 6) is -0.951. The molecule has 2 rings (SSSR count). The van der Waals surface area contributed by atoms with Gasteiger partial charge in [0.2, 0.25) is 0 Å². The molecule has 22 heavy (non-hydrogen) atoms. The van der Waals surface area contributed by atoms with Gasteiger partial charge in [0.25, 0.3) is 5.69 Å². The normalized spacial score (nSPS) is 19.9. The van der Waals surface area contributed by atoms with Gasteiger partial charge in [-0.1, -0.05) is 12.1 Å². The molecule has 0 atom stereocenters. The first kappa shape index (κ1) is 15.9. The molecule has 0 amide bonds. The number of hydrogen-bond acceptors (Lipinski definition) is 8. The lowest BCUT2D eigenvalue weighted by molar-refractivity contribution is -0.594. The van der Waals surface area contributed by atoms with Gasteiger partial charge >= 0.3 is 5.66 Å². The molecule has 1 fully saturated rings. The van der Waals surface area contributed by atoms with Gasteiger partial charge in [-0.3, -0.25) is 20.2 Å². The highest BCUT2D eigenvalue weighted by atomic mass is 16.7. The van der Waals surface area contributed by atoms with Crippen molar-refractivity contribution in [2.24, 2.45) is 10.2 Å². The molecule has 1 aliphatic rings. The molecule has 0 aromatic heterocycles. The number of hydrogen-bond donors (Lipinski definition) is 0. The van der Waals surface area contributed by atoms with Crippen molar-refractivity contribution in [3.63, 3.8) is 0 Å². The van der Waals surface area contributed by atoms with Crippen molar-refractivity contribution < 1.29 is 19.3 Å². The minimum absolute atomic E-state index is 0.0708. The Labute approximate surface area is 125 Å². The Bertz CT molecular complexity index is 620. The molecule has 1 aliphatic heterocycles. The van der Waals surface area contributed by atoms with Crippen LogP contribution in [0.1, 0.15) is 13.8 Å². The van der Waals surface area contributed by atoms with Gasteiger partial charge in [0.1, 0.15) is 13.2 Å². The van der Waals surface area contributed by atoms with Crippen LogP contribution in [0.15, 0.2) is 34.5 Å². The number of para-hydroxylation sites is 1. The van der Waals surface area contributed by atoms with Crippen LogP contribution in [-0.2, 0) is 9.47 Å². The number of nitro benzene ring substituents is 1. The van der Waals surface area contributed by atoms with Gasteiger partial charge in [0.05, 0.1) is 9.85 Å². The third-order valence-electron chi connectivity index (χ3n) is 3.06. The van der Waals surface area contributed by atoms with E-state index in [9.17, 15) is 20.2 Å². The zero-order valence-corrected chi connectivity index (χ0v) is 12.0. The number of nitrogens with zero attached hydrogens (tertiary/aromatic N) is 4. The SMILES string of the molecule is CC1(C)OCC(N=Nc2ccccc2[N+](=O)[O-])([N+](=O)[O-])CO1. The largest absolute Gasteiger partial charge is 0.375 e. The lowest BCUT2D eigenvalue weighted by atomic mass is 10.2. The molecular formula is C12H14N4O6. The average molecular weight is 310 g/mol. The summed E-state index contributed by atoms with van der Waals surface area (Å²) in [7, 11) is 0. The van der Waals surface area contributed by atoms with Crippen LogP contribution >= 0.6 is 0 Å². The van der Waals surface area contributed by atoms with Crippen LogP contribution in [0.2, 0.25) is 0 Å². The summed E-state index contributed by atoms with van der Waals surface area (Å²) in [4.78, 5) is 20.9. The van der Waals surface area contributed by atoms with E-state index in [4.69, 9.17) is 9.47 Å². The predicted octanol–water partition coefficient (Wildman–Crippen LogP) is 2.43. The summed E-state index contributed by atoms with van der Waals surface area (Å²) in [6, 6.07) is 5.58. The summed E-state index contributed by atoms with van der Waals surface area (Å²) >= 11 is 0. The smallest absolute Gasteiger partial charge is 0.341 e. The van der Waals surface area contributed by atoms with Crippen LogP contribution in [0.25, 0.3) is 0 Å². The molecule has 1 aromatic carbocycles. The third kappa shape index (κ3) is 3.23. The highest BCUT2D eigenvalue weighted by Gasteiger charge is 2.51. The Hall–Kier alpha value is -2.46. The van der Waals surface area contributed by atoms with E-state index in [1.807, 2.05) is 0 Å². The van der Waals surface area contributed by atoms with Crippen LogP contribution in [-0.4, -0.2) is 34.5 Å². The van der Waals surface area contributed by atoms with Gasteiger partial charge in [-0.05, 0) is 19.9 Å². The molecule has 10 nitrogen and oxygen atoms in total. The van der Waals surface area contributed by atoms with Gasteiger partial charge in [-0.2, -0.15) is 0 Å². The molecule has 0 unspecified atom stereocenters. The van der Waals surface area contributed by atoms with Crippen LogP contribution in [0.3, 0.4) is 0 Å². The summed E-state index contributed by atoms with van der Waals surface area (Å²) in [6.45, 7) is 2.57. The van der Waals surface area contributed by atoms with Gasteiger partial charge in [0.15, 0.2) is 11.5 Å². The molecule has 1 saturated heterocycles. The quantitative estimate of drug-likeness (QED) is 0.477. The van der Waals surface area contributed by atoms with Crippen molar-refractivity contribution >= 4 is 11.4 Å². The highest BCUT2D eigenvalue weighted by molar-refractivity contribution is 5.56. The van der Waals surface area contributed by atoms with Crippen molar-refractivity contribution in [3.05, 3.63) is 44.5 Å². The topological polar surface area (TPSA) is 129 Å². The molecule has 0 aliphatic carbocycles. The summed E-state index contributed by atoms with van der Waals surface area (Å²) < 4.78 is 10.5. The maximum atomic E-state index is 11.3. The number of azo groups is 1. The van der Waals surface area contributed by atoms with E-state index in [-0.39, 0.29) is 24.6 Å². The van der Waals surface area contributed by atoms with Gasteiger partial charge in [-0.15, -0.1) is 10.2 Å². The lowest BCUT2D eigenvalue weighted by Gasteiger charge is -2.35. The molecular weight excluding hydrogens is 296 g/mol. The fraction of sp³-hybridized carbons (Fsp3) is 0.500. The van der Waals surface area contributed by atoms with E-state index in [1.165, 1.54) is 24.3 Å². The summed E-state index contributed by atoms with van der Waals surface area (Å²) in [6.07, 6.45) is 0. The van der Waals surface area contributed by atoms with E-state index in [1.54, 1.807) is 13.8 Å². The first-order valence-electron chi connectivity index (χ1n) is 6.34. The standard InChI is InChI=1S/C12H14N4O6/c1-11(2)21-7-12(8-22-11,16(19)20)14-13-9-5-3-4-6-10(9)15(17)18/h3-6H,7-8H2,1-2H3.